The van der Waals surface area contributed by atoms with E-state index in [1.54, 1.807) is 0 Å². The number of aliphatic imine (C=N–C) groups is 1. The molecule has 0 radical (unpaired) electrons. The van der Waals surface area contributed by atoms with Crippen molar-refractivity contribution in [1.82, 2.24) is 20.0 Å². The first-order valence-corrected chi connectivity index (χ1v) is 8.20. The van der Waals surface area contributed by atoms with Crippen molar-refractivity contribution in [2.45, 2.75) is 26.9 Å². The second-order valence-corrected chi connectivity index (χ2v) is 5.87. The van der Waals surface area contributed by atoms with Crippen LogP contribution in [-0.2, 0) is 13.1 Å². The maximum atomic E-state index is 6.24. The van der Waals surface area contributed by atoms with Gasteiger partial charge >= 0.3 is 0 Å². The summed E-state index contributed by atoms with van der Waals surface area (Å²) >= 11 is 6.24. The summed E-state index contributed by atoms with van der Waals surface area (Å²) in [6, 6.07) is 7.89. The van der Waals surface area contributed by atoms with Crippen LogP contribution < -0.4 is 5.32 Å². The third-order valence-corrected chi connectivity index (χ3v) is 3.78. The van der Waals surface area contributed by atoms with Gasteiger partial charge in [0.05, 0.1) is 19.3 Å². The van der Waals surface area contributed by atoms with Crippen molar-refractivity contribution >= 4 is 41.5 Å². The number of halogens is 2. The Morgan fingerprint density at radius 1 is 1.38 bits per heavy atom. The van der Waals surface area contributed by atoms with Gasteiger partial charge in [0.1, 0.15) is 0 Å². The molecule has 0 saturated carbocycles. The van der Waals surface area contributed by atoms with Crippen LogP contribution in [0, 0.1) is 6.92 Å². The Labute approximate surface area is 166 Å². The summed E-state index contributed by atoms with van der Waals surface area (Å²) < 4.78 is 1.91. The molecule has 0 bridgehead atoms. The van der Waals surface area contributed by atoms with E-state index in [0.717, 1.165) is 35.2 Å². The summed E-state index contributed by atoms with van der Waals surface area (Å²) in [5.41, 5.74) is 2.25. The zero-order valence-electron chi connectivity index (χ0n) is 14.4. The minimum Gasteiger partial charge on any atom is -0.357 e. The van der Waals surface area contributed by atoms with Crippen LogP contribution in [0.4, 0.5) is 0 Å². The average molecular weight is 462 g/mol. The van der Waals surface area contributed by atoms with E-state index >= 15 is 0 Å². The molecule has 0 saturated heterocycles. The van der Waals surface area contributed by atoms with E-state index in [1.165, 1.54) is 0 Å². The van der Waals surface area contributed by atoms with Crippen LogP contribution in [0.2, 0.25) is 5.02 Å². The van der Waals surface area contributed by atoms with Gasteiger partial charge in [-0.15, -0.1) is 24.0 Å². The van der Waals surface area contributed by atoms with Crippen LogP contribution in [0.5, 0.6) is 0 Å². The van der Waals surface area contributed by atoms with Gasteiger partial charge in [-0.25, -0.2) is 0 Å². The van der Waals surface area contributed by atoms with Crippen LogP contribution >= 0.6 is 35.6 Å². The third-order valence-electron chi connectivity index (χ3n) is 3.41. The smallest absolute Gasteiger partial charge is 0.194 e. The van der Waals surface area contributed by atoms with Crippen LogP contribution in [0.15, 0.2) is 41.7 Å². The van der Waals surface area contributed by atoms with Crippen molar-refractivity contribution in [3.05, 3.63) is 52.8 Å². The molecule has 2 rings (SSSR count). The number of hydrogen-bond acceptors (Lipinski definition) is 2. The highest BCUT2D eigenvalue weighted by Gasteiger charge is 2.08. The Bertz CT molecular complexity index is 656. The summed E-state index contributed by atoms with van der Waals surface area (Å²) in [5, 5.41) is 8.38. The molecule has 0 fully saturated rings. The molecule has 24 heavy (non-hydrogen) atoms. The molecule has 5 nitrogen and oxygen atoms in total. The third kappa shape index (κ3) is 6.32. The van der Waals surface area contributed by atoms with E-state index in [4.69, 9.17) is 11.6 Å². The van der Waals surface area contributed by atoms with E-state index in [-0.39, 0.29) is 24.0 Å². The van der Waals surface area contributed by atoms with E-state index in [9.17, 15) is 0 Å². The van der Waals surface area contributed by atoms with Crippen molar-refractivity contribution in [3.63, 3.8) is 0 Å². The van der Waals surface area contributed by atoms with E-state index in [2.05, 4.69) is 27.2 Å². The van der Waals surface area contributed by atoms with Crippen molar-refractivity contribution in [3.8, 4) is 0 Å². The van der Waals surface area contributed by atoms with Gasteiger partial charge in [-0.2, -0.15) is 5.10 Å². The van der Waals surface area contributed by atoms with E-state index < -0.39 is 0 Å². The first kappa shape index (κ1) is 20.8. The lowest BCUT2D eigenvalue weighted by atomic mass is 10.2. The molecular weight excluding hydrogens is 437 g/mol. The molecule has 0 aliphatic heterocycles. The maximum absolute atomic E-state index is 6.24. The average Bonchev–Trinajstić information content (AvgIpc) is 2.94. The molecule has 1 N–H and O–H groups in total. The number of aromatic nitrogens is 2. The molecule has 1 aromatic heterocycles. The van der Waals surface area contributed by atoms with Crippen molar-refractivity contribution < 1.29 is 0 Å². The van der Waals surface area contributed by atoms with Gasteiger partial charge in [-0.3, -0.25) is 9.67 Å². The van der Waals surface area contributed by atoms with Gasteiger partial charge < -0.3 is 10.2 Å². The quantitative estimate of drug-likeness (QED) is 0.406. The van der Waals surface area contributed by atoms with Gasteiger partial charge in [0.25, 0.3) is 0 Å². The fourth-order valence-electron chi connectivity index (χ4n) is 2.27. The molecular formula is C17H25ClIN5. The molecule has 132 valence electrons. The second kappa shape index (κ2) is 10.6. The van der Waals surface area contributed by atoms with Crippen molar-refractivity contribution in [2.75, 3.05) is 20.1 Å². The lowest BCUT2D eigenvalue weighted by Crippen LogP contribution is -2.38. The molecule has 0 atom stereocenters. The highest BCUT2D eigenvalue weighted by atomic mass is 127. The lowest BCUT2D eigenvalue weighted by Gasteiger charge is -2.22. The minimum absolute atomic E-state index is 0. The van der Waals surface area contributed by atoms with Crippen LogP contribution in [-0.4, -0.2) is 40.8 Å². The summed E-state index contributed by atoms with van der Waals surface area (Å²) in [5.74, 6) is 0.872. The fourth-order valence-corrected chi connectivity index (χ4v) is 2.47. The topological polar surface area (TPSA) is 45.5 Å². The largest absolute Gasteiger partial charge is 0.357 e. The first-order chi connectivity index (χ1) is 11.1. The molecule has 2 aromatic rings. The van der Waals surface area contributed by atoms with Gasteiger partial charge in [0, 0.05) is 31.4 Å². The molecule has 0 spiro atoms. The summed E-state index contributed by atoms with van der Waals surface area (Å²) in [6.45, 7) is 7.09. The zero-order valence-corrected chi connectivity index (χ0v) is 17.5. The van der Waals surface area contributed by atoms with E-state index in [0.29, 0.717) is 13.1 Å². The SMILES string of the molecule is CCNC(=NCCn1cc(C)cn1)N(C)Cc1ccccc1Cl.I. The Morgan fingerprint density at radius 2 is 2.12 bits per heavy atom. The highest BCUT2D eigenvalue weighted by Crippen LogP contribution is 2.16. The molecule has 1 heterocycles. The number of nitrogens with one attached hydrogen (secondary N) is 1. The summed E-state index contributed by atoms with van der Waals surface area (Å²) in [6.07, 6.45) is 3.88. The number of rotatable bonds is 6. The predicted octanol–water partition coefficient (Wildman–Crippen LogP) is 3.56. The van der Waals surface area contributed by atoms with Gasteiger partial charge in [0.2, 0.25) is 0 Å². The molecule has 0 aliphatic rings. The van der Waals surface area contributed by atoms with E-state index in [1.807, 2.05) is 55.3 Å². The van der Waals surface area contributed by atoms with Gasteiger partial charge in [0.15, 0.2) is 5.96 Å². The summed E-state index contributed by atoms with van der Waals surface area (Å²) in [7, 11) is 2.02. The second-order valence-electron chi connectivity index (χ2n) is 5.46. The summed E-state index contributed by atoms with van der Waals surface area (Å²) in [4.78, 5) is 6.75. The van der Waals surface area contributed by atoms with Crippen molar-refractivity contribution in [1.29, 1.82) is 0 Å². The molecule has 0 aliphatic carbocycles. The zero-order chi connectivity index (χ0) is 16.7. The van der Waals surface area contributed by atoms with Crippen LogP contribution in [0.1, 0.15) is 18.1 Å². The van der Waals surface area contributed by atoms with Crippen LogP contribution in [0.3, 0.4) is 0 Å². The number of guanidine groups is 1. The Morgan fingerprint density at radius 3 is 2.75 bits per heavy atom. The molecule has 7 heteroatoms. The maximum Gasteiger partial charge on any atom is 0.194 e. The monoisotopic (exact) mass is 461 g/mol. The standard InChI is InChI=1S/C17H24ClN5.HI/c1-4-19-17(20-9-10-23-12-14(2)11-21-23)22(3)13-15-7-5-6-8-16(15)18;/h5-8,11-12H,4,9-10,13H2,1-3H3,(H,19,20);1H. The molecule has 0 unspecified atom stereocenters. The Kier molecular flexibility index (Phi) is 9.13. The van der Waals surface area contributed by atoms with Gasteiger partial charge in [-0.05, 0) is 31.0 Å². The highest BCUT2D eigenvalue weighted by molar-refractivity contribution is 14.0. The Hall–Kier alpha value is -1.28. The molecule has 0 amide bonds. The number of hydrogen-bond donors (Lipinski definition) is 1. The fraction of sp³-hybridized carbons (Fsp3) is 0.412. The minimum atomic E-state index is 0. The van der Waals surface area contributed by atoms with Gasteiger partial charge in [-0.1, -0.05) is 29.8 Å². The molecule has 1 aromatic carbocycles. The van der Waals surface area contributed by atoms with Crippen LogP contribution in [0.25, 0.3) is 0 Å². The van der Waals surface area contributed by atoms with Crippen molar-refractivity contribution in [2.24, 2.45) is 4.99 Å². The predicted molar refractivity (Wildman–Crippen MR) is 111 cm³/mol. The normalized spacial score (nSPS) is 11.1. The lowest BCUT2D eigenvalue weighted by molar-refractivity contribution is 0.475. The Balaban J connectivity index is 0.00000288. The first-order valence-electron chi connectivity index (χ1n) is 7.82. The number of nitrogens with zero attached hydrogens (tertiary/aromatic N) is 4. The number of benzene rings is 1. The number of aryl methyl sites for hydroxylation is 1.